The van der Waals surface area contributed by atoms with E-state index in [2.05, 4.69) is 15.4 Å². The molecule has 2 aromatic rings. The van der Waals surface area contributed by atoms with E-state index in [4.69, 9.17) is 0 Å². The third kappa shape index (κ3) is 4.18. The van der Waals surface area contributed by atoms with Gasteiger partial charge in [-0.1, -0.05) is 36.4 Å². The standard InChI is InChI=1S/C17H16F2N2O2/c18-16(19)23-13-8-4-7-12(9-13)20-17(22)21-15-10-14(15)11-5-2-1-3-6-11/h1-9,14-16H,10H2,(H2,20,21,22)/t14-,15?/m0/s1. The molecule has 0 saturated heterocycles. The number of carbonyl (C=O) groups is 1. The second-order valence-corrected chi connectivity index (χ2v) is 5.36. The van der Waals surface area contributed by atoms with Gasteiger partial charge in [-0.2, -0.15) is 8.78 Å². The van der Waals surface area contributed by atoms with Crippen LogP contribution in [0.1, 0.15) is 17.9 Å². The van der Waals surface area contributed by atoms with Crippen molar-refractivity contribution in [2.24, 2.45) is 0 Å². The van der Waals surface area contributed by atoms with Gasteiger partial charge in [0.15, 0.2) is 0 Å². The fraction of sp³-hybridized carbons (Fsp3) is 0.235. The van der Waals surface area contributed by atoms with Crippen molar-refractivity contribution in [2.45, 2.75) is 25.0 Å². The van der Waals surface area contributed by atoms with Crippen molar-refractivity contribution in [3.8, 4) is 5.75 Å². The second kappa shape index (κ2) is 6.64. The predicted octanol–water partition coefficient (Wildman–Crippen LogP) is 3.97. The molecule has 1 fully saturated rings. The minimum absolute atomic E-state index is 0.00591. The summed E-state index contributed by atoms with van der Waals surface area (Å²) in [5.74, 6) is 0.335. The SMILES string of the molecule is O=C(Nc1cccc(OC(F)F)c1)NC1C[C@H]1c1ccccc1. The van der Waals surface area contributed by atoms with Crippen LogP contribution in [0.4, 0.5) is 19.3 Å². The maximum atomic E-state index is 12.2. The van der Waals surface area contributed by atoms with Crippen LogP contribution in [0.25, 0.3) is 0 Å². The number of rotatable bonds is 5. The number of hydrogen-bond donors (Lipinski definition) is 2. The zero-order valence-electron chi connectivity index (χ0n) is 12.2. The third-order valence-corrected chi connectivity index (χ3v) is 3.65. The molecule has 2 aromatic carbocycles. The van der Waals surface area contributed by atoms with Crippen molar-refractivity contribution in [3.05, 3.63) is 60.2 Å². The average molecular weight is 318 g/mol. The number of alkyl halides is 2. The van der Waals surface area contributed by atoms with Crippen LogP contribution in [-0.4, -0.2) is 18.7 Å². The van der Waals surface area contributed by atoms with E-state index in [1.165, 1.54) is 23.8 Å². The molecular formula is C17H16F2N2O2. The zero-order chi connectivity index (χ0) is 16.2. The van der Waals surface area contributed by atoms with Crippen molar-refractivity contribution in [1.29, 1.82) is 0 Å². The first-order chi connectivity index (χ1) is 11.1. The Labute approximate surface area is 132 Å². The lowest BCUT2D eigenvalue weighted by Gasteiger charge is -2.09. The smallest absolute Gasteiger partial charge is 0.387 e. The first-order valence-electron chi connectivity index (χ1n) is 7.29. The van der Waals surface area contributed by atoms with Crippen molar-refractivity contribution >= 4 is 11.7 Å². The highest BCUT2D eigenvalue weighted by molar-refractivity contribution is 5.90. The Balaban J connectivity index is 1.52. The Morgan fingerprint density at radius 2 is 1.91 bits per heavy atom. The normalized spacial score (nSPS) is 19.3. The summed E-state index contributed by atoms with van der Waals surface area (Å²) in [6.45, 7) is -2.89. The Hall–Kier alpha value is -2.63. The second-order valence-electron chi connectivity index (χ2n) is 5.36. The molecule has 1 aliphatic rings. The maximum absolute atomic E-state index is 12.2. The number of halogens is 2. The van der Waals surface area contributed by atoms with E-state index >= 15 is 0 Å². The molecule has 120 valence electrons. The highest BCUT2D eigenvalue weighted by Crippen LogP contribution is 2.40. The Morgan fingerprint density at radius 3 is 2.65 bits per heavy atom. The molecule has 6 heteroatoms. The van der Waals surface area contributed by atoms with Crippen molar-refractivity contribution in [1.82, 2.24) is 5.32 Å². The monoisotopic (exact) mass is 318 g/mol. The van der Waals surface area contributed by atoms with Gasteiger partial charge in [-0.05, 0) is 24.1 Å². The van der Waals surface area contributed by atoms with E-state index < -0.39 is 6.61 Å². The fourth-order valence-electron chi connectivity index (χ4n) is 2.51. The molecule has 0 radical (unpaired) electrons. The largest absolute Gasteiger partial charge is 0.435 e. The third-order valence-electron chi connectivity index (χ3n) is 3.65. The van der Waals surface area contributed by atoms with Crippen LogP contribution in [0.5, 0.6) is 5.75 Å². The van der Waals surface area contributed by atoms with E-state index in [-0.39, 0.29) is 17.8 Å². The number of ether oxygens (including phenoxy) is 1. The lowest BCUT2D eigenvalue weighted by atomic mass is 10.1. The summed E-state index contributed by atoms with van der Waals surface area (Å²) < 4.78 is 28.7. The lowest BCUT2D eigenvalue weighted by Crippen LogP contribution is -2.31. The van der Waals surface area contributed by atoms with Gasteiger partial charge in [0.2, 0.25) is 0 Å². The molecule has 0 bridgehead atoms. The van der Waals surface area contributed by atoms with Gasteiger partial charge in [0, 0.05) is 23.7 Å². The fourth-order valence-corrected chi connectivity index (χ4v) is 2.51. The van der Waals surface area contributed by atoms with Crippen LogP contribution in [0.15, 0.2) is 54.6 Å². The number of benzene rings is 2. The van der Waals surface area contributed by atoms with E-state index in [0.29, 0.717) is 11.6 Å². The maximum Gasteiger partial charge on any atom is 0.387 e. The Kier molecular flexibility index (Phi) is 4.41. The molecule has 0 spiro atoms. The number of hydrogen-bond acceptors (Lipinski definition) is 2. The van der Waals surface area contributed by atoms with Crippen LogP contribution in [0.2, 0.25) is 0 Å². The van der Waals surface area contributed by atoms with Gasteiger partial charge >= 0.3 is 12.6 Å². The summed E-state index contributed by atoms with van der Waals surface area (Å²) in [5.41, 5.74) is 1.60. The highest BCUT2D eigenvalue weighted by atomic mass is 19.3. The van der Waals surface area contributed by atoms with Crippen LogP contribution in [0.3, 0.4) is 0 Å². The number of urea groups is 1. The minimum atomic E-state index is -2.89. The number of anilines is 1. The van der Waals surface area contributed by atoms with Crippen molar-refractivity contribution in [3.63, 3.8) is 0 Å². The summed E-state index contributed by atoms with van der Waals surface area (Å²) in [6, 6.07) is 15.6. The summed E-state index contributed by atoms with van der Waals surface area (Å²) in [6.07, 6.45) is 0.895. The topological polar surface area (TPSA) is 50.4 Å². The Bertz CT molecular complexity index is 679. The highest BCUT2D eigenvalue weighted by Gasteiger charge is 2.39. The van der Waals surface area contributed by atoms with Gasteiger partial charge in [0.25, 0.3) is 0 Å². The van der Waals surface area contributed by atoms with Gasteiger partial charge in [0.1, 0.15) is 5.75 Å². The van der Waals surface area contributed by atoms with Gasteiger partial charge in [-0.25, -0.2) is 4.79 Å². The number of carbonyl (C=O) groups excluding carboxylic acids is 1. The summed E-state index contributed by atoms with van der Waals surface area (Å²) in [7, 11) is 0. The van der Waals surface area contributed by atoms with E-state index in [9.17, 15) is 13.6 Å². The molecule has 1 aliphatic carbocycles. The van der Waals surface area contributed by atoms with Gasteiger partial charge in [-0.15, -0.1) is 0 Å². The molecule has 0 heterocycles. The van der Waals surface area contributed by atoms with Crippen molar-refractivity contribution < 1.29 is 18.3 Å². The Morgan fingerprint density at radius 1 is 1.13 bits per heavy atom. The lowest BCUT2D eigenvalue weighted by molar-refractivity contribution is -0.0497. The molecular weight excluding hydrogens is 302 g/mol. The molecule has 2 amide bonds. The summed E-state index contributed by atoms with van der Waals surface area (Å²) >= 11 is 0. The zero-order valence-corrected chi connectivity index (χ0v) is 12.2. The molecule has 0 aromatic heterocycles. The number of nitrogens with one attached hydrogen (secondary N) is 2. The van der Waals surface area contributed by atoms with Crippen LogP contribution < -0.4 is 15.4 Å². The minimum Gasteiger partial charge on any atom is -0.435 e. The van der Waals surface area contributed by atoms with Gasteiger partial charge in [0.05, 0.1) is 0 Å². The van der Waals surface area contributed by atoms with E-state index in [0.717, 1.165) is 6.42 Å². The summed E-state index contributed by atoms with van der Waals surface area (Å²) in [5, 5.41) is 5.50. The van der Waals surface area contributed by atoms with Gasteiger partial charge < -0.3 is 15.4 Å². The number of amides is 2. The molecule has 0 aliphatic heterocycles. The molecule has 3 rings (SSSR count). The van der Waals surface area contributed by atoms with E-state index in [1.807, 2.05) is 30.3 Å². The van der Waals surface area contributed by atoms with Crippen LogP contribution >= 0.6 is 0 Å². The van der Waals surface area contributed by atoms with Crippen LogP contribution in [0, 0.1) is 0 Å². The molecule has 2 atom stereocenters. The molecule has 2 N–H and O–H groups in total. The average Bonchev–Trinajstić information content (AvgIpc) is 3.27. The van der Waals surface area contributed by atoms with Crippen LogP contribution in [-0.2, 0) is 0 Å². The summed E-state index contributed by atoms with van der Waals surface area (Å²) in [4.78, 5) is 12.0. The molecule has 23 heavy (non-hydrogen) atoms. The molecule has 4 nitrogen and oxygen atoms in total. The van der Waals surface area contributed by atoms with Crippen molar-refractivity contribution in [2.75, 3.05) is 5.32 Å². The van der Waals surface area contributed by atoms with E-state index in [1.54, 1.807) is 6.07 Å². The van der Waals surface area contributed by atoms with Gasteiger partial charge in [-0.3, -0.25) is 0 Å². The quantitative estimate of drug-likeness (QED) is 0.876. The first-order valence-corrected chi connectivity index (χ1v) is 7.29. The molecule has 1 unspecified atom stereocenters. The first kappa shape index (κ1) is 15.3. The predicted molar refractivity (Wildman–Crippen MR) is 82.8 cm³/mol. The molecule has 1 saturated carbocycles.